The molecule has 124 valence electrons. The lowest BCUT2D eigenvalue weighted by Crippen LogP contribution is -2.40. The van der Waals surface area contributed by atoms with Crippen LogP contribution in [0.15, 0.2) is 35.0 Å². The molecule has 0 bridgehead atoms. The maximum atomic E-state index is 12.6. The predicted molar refractivity (Wildman–Crippen MR) is 83.8 cm³/mol. The van der Waals surface area contributed by atoms with Gasteiger partial charge in [0.2, 0.25) is 0 Å². The molecule has 1 amide bonds. The summed E-state index contributed by atoms with van der Waals surface area (Å²) >= 11 is 0. The molecule has 0 radical (unpaired) electrons. The predicted octanol–water partition coefficient (Wildman–Crippen LogP) is 1.17. The van der Waals surface area contributed by atoms with E-state index in [-0.39, 0.29) is 29.2 Å². The van der Waals surface area contributed by atoms with Crippen molar-refractivity contribution in [2.24, 2.45) is 0 Å². The maximum Gasteiger partial charge on any atom is 0.289 e. The molecule has 1 atom stereocenters. The summed E-state index contributed by atoms with van der Waals surface area (Å²) in [5.41, 5.74) is 0. The van der Waals surface area contributed by atoms with Gasteiger partial charge in [0.15, 0.2) is 15.6 Å². The van der Waals surface area contributed by atoms with Gasteiger partial charge in [0, 0.05) is 25.0 Å². The van der Waals surface area contributed by atoms with Crippen molar-refractivity contribution in [1.29, 1.82) is 0 Å². The fraction of sp³-hybridized carbons (Fsp3) is 0.467. The number of hydrogen-bond donors (Lipinski definition) is 0. The first-order valence-electron chi connectivity index (χ1n) is 7.56. The minimum atomic E-state index is -3.03. The number of furan rings is 1. The maximum absolute atomic E-state index is 12.6. The average Bonchev–Trinajstić information content (AvgIpc) is 3.22. The van der Waals surface area contributed by atoms with Crippen LogP contribution in [-0.4, -0.2) is 53.1 Å². The lowest BCUT2D eigenvalue weighted by Gasteiger charge is -2.25. The standard InChI is InChI=1S/C15H19N3O4S/c1-2-18(12-6-9-23(20,21)11-12)15(19)14-5-4-13(22-14)10-17-8-3-7-16-17/h3-5,7-8,12H,2,6,9-11H2,1H3/t12-/m1/s1. The van der Waals surface area contributed by atoms with E-state index in [1.54, 1.807) is 27.9 Å². The summed E-state index contributed by atoms with van der Waals surface area (Å²) < 4.78 is 30.6. The number of nitrogens with zero attached hydrogens (tertiary/aromatic N) is 3. The SMILES string of the molecule is CCN(C(=O)c1ccc(Cn2cccn2)o1)[C@@H]1CCS(=O)(=O)C1. The van der Waals surface area contributed by atoms with Crippen LogP contribution in [0.1, 0.15) is 29.7 Å². The van der Waals surface area contributed by atoms with Crippen LogP contribution < -0.4 is 0 Å². The minimum absolute atomic E-state index is 0.0352. The van der Waals surface area contributed by atoms with E-state index in [1.165, 1.54) is 0 Å². The number of carbonyl (C=O) groups excluding carboxylic acids is 1. The van der Waals surface area contributed by atoms with Gasteiger partial charge < -0.3 is 9.32 Å². The van der Waals surface area contributed by atoms with Crippen LogP contribution in [0, 0.1) is 0 Å². The molecule has 1 saturated heterocycles. The molecule has 1 aliphatic heterocycles. The van der Waals surface area contributed by atoms with Gasteiger partial charge in [-0.15, -0.1) is 0 Å². The van der Waals surface area contributed by atoms with E-state index in [1.807, 2.05) is 19.2 Å². The first-order chi connectivity index (χ1) is 11.0. The first kappa shape index (κ1) is 15.8. The number of hydrogen-bond acceptors (Lipinski definition) is 5. The van der Waals surface area contributed by atoms with Crippen molar-refractivity contribution in [1.82, 2.24) is 14.7 Å². The summed E-state index contributed by atoms with van der Waals surface area (Å²) in [5.74, 6) is 0.782. The van der Waals surface area contributed by atoms with Gasteiger partial charge in [-0.3, -0.25) is 9.48 Å². The van der Waals surface area contributed by atoms with Crippen molar-refractivity contribution >= 4 is 15.7 Å². The molecule has 0 saturated carbocycles. The highest BCUT2D eigenvalue weighted by atomic mass is 32.2. The Labute approximate surface area is 134 Å². The van der Waals surface area contributed by atoms with E-state index < -0.39 is 9.84 Å². The van der Waals surface area contributed by atoms with Crippen LogP contribution in [0.25, 0.3) is 0 Å². The largest absolute Gasteiger partial charge is 0.454 e. The summed E-state index contributed by atoms with van der Waals surface area (Å²) in [6.45, 7) is 2.74. The number of aromatic nitrogens is 2. The molecule has 0 aromatic carbocycles. The van der Waals surface area contributed by atoms with E-state index in [0.717, 1.165) is 0 Å². The van der Waals surface area contributed by atoms with Gasteiger partial charge in [-0.1, -0.05) is 0 Å². The summed E-state index contributed by atoms with van der Waals surface area (Å²) in [6.07, 6.45) is 3.98. The molecule has 0 aliphatic carbocycles. The first-order valence-corrected chi connectivity index (χ1v) is 9.38. The molecule has 0 spiro atoms. The Hall–Kier alpha value is -2.09. The van der Waals surface area contributed by atoms with Crippen molar-refractivity contribution in [2.45, 2.75) is 25.9 Å². The molecule has 7 nitrogen and oxygen atoms in total. The zero-order valence-electron chi connectivity index (χ0n) is 12.9. The Kier molecular flexibility index (Phi) is 4.25. The van der Waals surface area contributed by atoms with Crippen LogP contribution in [0.5, 0.6) is 0 Å². The third-order valence-corrected chi connectivity index (χ3v) is 5.75. The molecule has 1 fully saturated rings. The molecular weight excluding hydrogens is 318 g/mol. The van der Waals surface area contributed by atoms with Crippen LogP contribution >= 0.6 is 0 Å². The molecule has 8 heteroatoms. The minimum Gasteiger partial charge on any atom is -0.454 e. The molecule has 23 heavy (non-hydrogen) atoms. The lowest BCUT2D eigenvalue weighted by atomic mass is 10.2. The summed E-state index contributed by atoms with van der Waals surface area (Å²) in [4.78, 5) is 14.2. The molecule has 2 aromatic rings. The van der Waals surface area contributed by atoms with Gasteiger partial charge in [0.25, 0.3) is 5.91 Å². The Morgan fingerprint density at radius 3 is 2.91 bits per heavy atom. The second kappa shape index (κ2) is 6.19. The summed E-state index contributed by atoms with van der Waals surface area (Å²) in [7, 11) is -3.03. The lowest BCUT2D eigenvalue weighted by molar-refractivity contribution is 0.0673. The number of amides is 1. The fourth-order valence-electron chi connectivity index (χ4n) is 2.86. The highest BCUT2D eigenvalue weighted by Crippen LogP contribution is 2.21. The Bertz CT molecular complexity index is 780. The van der Waals surface area contributed by atoms with E-state index in [4.69, 9.17) is 4.42 Å². The monoisotopic (exact) mass is 337 g/mol. The van der Waals surface area contributed by atoms with Crippen LogP contribution in [0.3, 0.4) is 0 Å². The van der Waals surface area contributed by atoms with E-state index in [9.17, 15) is 13.2 Å². The van der Waals surface area contributed by atoms with Crippen LogP contribution in [0.2, 0.25) is 0 Å². The summed E-state index contributed by atoms with van der Waals surface area (Å²) in [5, 5.41) is 4.09. The Morgan fingerprint density at radius 2 is 2.30 bits per heavy atom. The highest BCUT2D eigenvalue weighted by molar-refractivity contribution is 7.91. The van der Waals surface area contributed by atoms with Gasteiger partial charge in [-0.25, -0.2) is 8.42 Å². The number of carbonyl (C=O) groups is 1. The van der Waals surface area contributed by atoms with Crippen molar-refractivity contribution in [3.05, 3.63) is 42.1 Å². The fourth-order valence-corrected chi connectivity index (χ4v) is 4.59. The van der Waals surface area contributed by atoms with E-state index >= 15 is 0 Å². The van der Waals surface area contributed by atoms with Crippen LogP contribution in [-0.2, 0) is 16.4 Å². The van der Waals surface area contributed by atoms with Gasteiger partial charge in [0.1, 0.15) is 5.76 Å². The van der Waals surface area contributed by atoms with Crippen molar-refractivity contribution in [3.63, 3.8) is 0 Å². The van der Waals surface area contributed by atoms with E-state index in [0.29, 0.717) is 25.3 Å². The number of rotatable bonds is 5. The van der Waals surface area contributed by atoms with Gasteiger partial charge in [-0.2, -0.15) is 5.10 Å². The molecule has 3 rings (SSSR count). The highest BCUT2D eigenvalue weighted by Gasteiger charge is 2.35. The molecular formula is C15H19N3O4S. The zero-order chi connectivity index (χ0) is 16.4. The molecule has 1 aliphatic rings. The normalized spacial score (nSPS) is 19.8. The third-order valence-electron chi connectivity index (χ3n) is 4.00. The average molecular weight is 337 g/mol. The van der Waals surface area contributed by atoms with E-state index in [2.05, 4.69) is 5.10 Å². The van der Waals surface area contributed by atoms with Crippen molar-refractivity contribution < 1.29 is 17.6 Å². The zero-order valence-corrected chi connectivity index (χ0v) is 13.7. The van der Waals surface area contributed by atoms with Gasteiger partial charge >= 0.3 is 0 Å². The second-order valence-corrected chi connectivity index (χ2v) is 7.85. The van der Waals surface area contributed by atoms with Gasteiger partial charge in [0.05, 0.1) is 18.1 Å². The smallest absolute Gasteiger partial charge is 0.289 e. The van der Waals surface area contributed by atoms with Gasteiger partial charge in [-0.05, 0) is 31.5 Å². The quantitative estimate of drug-likeness (QED) is 0.818. The molecule has 0 unspecified atom stereocenters. The Balaban J connectivity index is 1.72. The Morgan fingerprint density at radius 1 is 1.48 bits per heavy atom. The third kappa shape index (κ3) is 3.47. The van der Waals surface area contributed by atoms with Crippen LogP contribution in [0.4, 0.5) is 0 Å². The van der Waals surface area contributed by atoms with Crippen molar-refractivity contribution in [2.75, 3.05) is 18.1 Å². The summed E-state index contributed by atoms with van der Waals surface area (Å²) in [6, 6.07) is 4.92. The molecule has 0 N–H and O–H groups in total. The molecule has 2 aromatic heterocycles. The van der Waals surface area contributed by atoms with Crippen molar-refractivity contribution in [3.8, 4) is 0 Å². The number of sulfone groups is 1. The molecule has 3 heterocycles. The topological polar surface area (TPSA) is 85.4 Å². The second-order valence-electron chi connectivity index (χ2n) is 5.62.